The largest absolute Gasteiger partial charge is 0.368 e. The molecule has 7 nitrogen and oxygen atoms in total. The number of fused-ring (bicyclic) bond motifs is 1. The number of hydrogen-bond donors (Lipinski definition) is 2. The molecule has 3 aromatic rings. The molecule has 1 atom stereocenters. The average Bonchev–Trinajstić information content (AvgIpc) is 3.22. The van der Waals surface area contributed by atoms with Crippen molar-refractivity contribution in [2.24, 2.45) is 0 Å². The maximum Gasteiger partial charge on any atom is 0.263 e. The molecular weight excluding hydrogens is 470 g/mol. The van der Waals surface area contributed by atoms with E-state index < -0.39 is 11.8 Å². The fourth-order valence-electron chi connectivity index (χ4n) is 4.95. The number of hydrogen-bond acceptors (Lipinski definition) is 7. The molecule has 0 bridgehead atoms. The molecule has 0 aromatic carbocycles. The summed E-state index contributed by atoms with van der Waals surface area (Å²) in [4.78, 5) is 26.1. The lowest BCUT2D eigenvalue weighted by molar-refractivity contribution is -0.0543. The number of piperazine rings is 1. The first kappa shape index (κ1) is 23.9. The van der Waals surface area contributed by atoms with Crippen LogP contribution in [0.2, 0.25) is 0 Å². The van der Waals surface area contributed by atoms with E-state index in [4.69, 9.17) is 0 Å². The number of nitrogens with zero attached hydrogens (tertiary/aromatic N) is 4. The second-order valence-corrected chi connectivity index (χ2v) is 10.5. The molecule has 2 aliphatic rings. The second-order valence-electron chi connectivity index (χ2n) is 9.43. The molecule has 3 aromatic heterocycles. The Labute approximate surface area is 207 Å². The van der Waals surface area contributed by atoms with Gasteiger partial charge in [-0.15, -0.1) is 11.3 Å². The van der Waals surface area contributed by atoms with Crippen LogP contribution >= 0.6 is 11.3 Å². The lowest BCUT2D eigenvalue weighted by Gasteiger charge is -2.32. The first-order valence-corrected chi connectivity index (χ1v) is 12.9. The van der Waals surface area contributed by atoms with Crippen LogP contribution < -0.4 is 15.5 Å². The molecule has 0 spiro atoms. The Morgan fingerprint density at radius 3 is 2.63 bits per heavy atom. The number of rotatable bonds is 5. The van der Waals surface area contributed by atoms with Crippen LogP contribution in [0.15, 0.2) is 30.6 Å². The number of amides is 1. The normalized spacial score (nSPS) is 20.1. The minimum atomic E-state index is -2.84. The van der Waals surface area contributed by atoms with E-state index in [-0.39, 0.29) is 12.3 Å². The standard InChI is InChI=1S/C25H30F2N6OS/c1-32(2)24(34)23-22(18-5-3-4-8-25(18,26)27)17-13-21(30-15-19(17)35-23)31-20-7-6-16(14-29-20)33-11-9-28-10-12-33/h6-7,13-15,18,28H,3-5,8-12H2,1-2H3,(H,29,30,31). The van der Waals surface area contributed by atoms with Crippen LogP contribution in [0, 0.1) is 0 Å². The average molecular weight is 501 g/mol. The van der Waals surface area contributed by atoms with E-state index in [0.717, 1.165) is 43.0 Å². The van der Waals surface area contributed by atoms with Crippen LogP contribution in [0.5, 0.6) is 0 Å². The number of anilines is 3. The highest BCUT2D eigenvalue weighted by atomic mass is 32.1. The molecule has 10 heteroatoms. The van der Waals surface area contributed by atoms with Crippen LogP contribution in [-0.2, 0) is 0 Å². The van der Waals surface area contributed by atoms with Gasteiger partial charge in [0, 0.05) is 64.2 Å². The third-order valence-electron chi connectivity index (χ3n) is 6.81. The van der Waals surface area contributed by atoms with Crippen molar-refractivity contribution >= 4 is 44.7 Å². The predicted octanol–water partition coefficient (Wildman–Crippen LogP) is 4.84. The summed E-state index contributed by atoms with van der Waals surface area (Å²) >= 11 is 1.25. The Balaban J connectivity index is 1.48. The van der Waals surface area contributed by atoms with Gasteiger partial charge in [0.2, 0.25) is 0 Å². The maximum absolute atomic E-state index is 15.1. The number of thiophene rings is 1. The van der Waals surface area contributed by atoms with Crippen LogP contribution in [-0.4, -0.2) is 67.0 Å². The number of alkyl halides is 2. The van der Waals surface area contributed by atoms with E-state index in [1.54, 1.807) is 26.4 Å². The highest BCUT2D eigenvalue weighted by Gasteiger charge is 2.45. The molecular formula is C25H30F2N6OS. The highest BCUT2D eigenvalue weighted by molar-refractivity contribution is 7.21. The van der Waals surface area contributed by atoms with Crippen LogP contribution in [0.1, 0.15) is 46.8 Å². The van der Waals surface area contributed by atoms with Gasteiger partial charge in [-0.3, -0.25) is 4.79 Å². The third kappa shape index (κ3) is 4.81. The lowest BCUT2D eigenvalue weighted by atomic mass is 9.79. The van der Waals surface area contributed by atoms with Crippen molar-refractivity contribution < 1.29 is 13.6 Å². The molecule has 1 saturated heterocycles. The smallest absolute Gasteiger partial charge is 0.263 e. The van der Waals surface area contributed by atoms with E-state index in [0.29, 0.717) is 40.3 Å². The molecule has 35 heavy (non-hydrogen) atoms. The molecule has 2 fully saturated rings. The fraction of sp³-hybridized carbons (Fsp3) is 0.480. The van der Waals surface area contributed by atoms with Gasteiger partial charge in [-0.1, -0.05) is 6.42 Å². The van der Waals surface area contributed by atoms with Crippen molar-refractivity contribution in [1.82, 2.24) is 20.2 Å². The van der Waals surface area contributed by atoms with Gasteiger partial charge in [0.05, 0.1) is 21.5 Å². The molecule has 2 N–H and O–H groups in total. The third-order valence-corrected chi connectivity index (χ3v) is 7.96. The number of carbonyl (C=O) groups excluding carboxylic acids is 1. The minimum absolute atomic E-state index is 0.149. The lowest BCUT2D eigenvalue weighted by Crippen LogP contribution is -2.43. The number of pyridine rings is 2. The molecule has 4 heterocycles. The van der Waals surface area contributed by atoms with Crippen LogP contribution in [0.3, 0.4) is 0 Å². The summed E-state index contributed by atoms with van der Waals surface area (Å²) in [6.45, 7) is 3.78. The number of nitrogens with one attached hydrogen (secondary N) is 2. The van der Waals surface area contributed by atoms with E-state index in [2.05, 4.69) is 25.5 Å². The summed E-state index contributed by atoms with van der Waals surface area (Å²) in [5, 5.41) is 7.21. The Hall–Kier alpha value is -2.85. The van der Waals surface area contributed by atoms with Gasteiger partial charge in [0.25, 0.3) is 11.8 Å². The zero-order valence-electron chi connectivity index (χ0n) is 20.0. The minimum Gasteiger partial charge on any atom is -0.368 e. The van der Waals surface area contributed by atoms with Gasteiger partial charge >= 0.3 is 0 Å². The Kier molecular flexibility index (Phi) is 6.59. The molecule has 1 aliphatic heterocycles. The first-order chi connectivity index (χ1) is 16.8. The Morgan fingerprint density at radius 2 is 1.94 bits per heavy atom. The predicted molar refractivity (Wildman–Crippen MR) is 136 cm³/mol. The van der Waals surface area contributed by atoms with E-state index in [9.17, 15) is 4.79 Å². The molecule has 1 amide bonds. The molecule has 186 valence electrons. The van der Waals surface area contributed by atoms with Crippen molar-refractivity contribution in [3.05, 3.63) is 41.0 Å². The van der Waals surface area contributed by atoms with Crippen LogP contribution in [0.4, 0.5) is 26.1 Å². The van der Waals surface area contributed by atoms with E-state index >= 15 is 8.78 Å². The van der Waals surface area contributed by atoms with Gasteiger partial charge in [0.15, 0.2) is 0 Å². The van der Waals surface area contributed by atoms with Gasteiger partial charge in [0.1, 0.15) is 11.6 Å². The van der Waals surface area contributed by atoms with Crippen molar-refractivity contribution in [1.29, 1.82) is 0 Å². The summed E-state index contributed by atoms with van der Waals surface area (Å²) in [5.74, 6) is -2.92. The second kappa shape index (κ2) is 9.66. The Morgan fingerprint density at radius 1 is 1.17 bits per heavy atom. The molecule has 1 unspecified atom stereocenters. The van der Waals surface area contributed by atoms with Gasteiger partial charge in [-0.05, 0) is 36.6 Å². The van der Waals surface area contributed by atoms with E-state index in [1.165, 1.54) is 16.2 Å². The molecule has 5 rings (SSSR count). The first-order valence-electron chi connectivity index (χ1n) is 12.0. The summed E-state index contributed by atoms with van der Waals surface area (Å²) < 4.78 is 30.9. The Bertz CT molecular complexity index is 1210. The van der Waals surface area contributed by atoms with E-state index in [1.807, 2.05) is 18.3 Å². The maximum atomic E-state index is 15.1. The summed E-state index contributed by atoms with van der Waals surface area (Å²) in [7, 11) is 3.30. The van der Waals surface area contributed by atoms with Gasteiger partial charge in [-0.2, -0.15) is 0 Å². The quantitative estimate of drug-likeness (QED) is 0.522. The summed E-state index contributed by atoms with van der Waals surface area (Å²) in [6, 6.07) is 5.70. The number of carbonyl (C=O) groups is 1. The van der Waals surface area contributed by atoms with Crippen molar-refractivity contribution in [3.8, 4) is 0 Å². The van der Waals surface area contributed by atoms with Crippen molar-refractivity contribution in [2.45, 2.75) is 37.5 Å². The zero-order valence-corrected chi connectivity index (χ0v) is 20.8. The molecule has 0 radical (unpaired) electrons. The molecule has 1 aliphatic carbocycles. The van der Waals surface area contributed by atoms with Crippen molar-refractivity contribution in [2.75, 3.05) is 50.5 Å². The SMILES string of the molecule is CN(C)C(=O)c1sc2cnc(Nc3ccc(N4CCNCC4)cn3)cc2c1C1CCCCC1(F)F. The fourth-order valence-corrected chi connectivity index (χ4v) is 6.19. The zero-order chi connectivity index (χ0) is 24.6. The monoisotopic (exact) mass is 500 g/mol. The number of aromatic nitrogens is 2. The molecule has 1 saturated carbocycles. The van der Waals surface area contributed by atoms with Crippen LogP contribution in [0.25, 0.3) is 10.1 Å². The van der Waals surface area contributed by atoms with Gasteiger partial charge in [-0.25, -0.2) is 18.7 Å². The van der Waals surface area contributed by atoms with Gasteiger partial charge < -0.3 is 20.4 Å². The summed E-state index contributed by atoms with van der Waals surface area (Å²) in [5.41, 5.74) is 1.52. The highest BCUT2D eigenvalue weighted by Crippen LogP contribution is 2.50. The van der Waals surface area contributed by atoms with Crippen molar-refractivity contribution in [3.63, 3.8) is 0 Å². The summed E-state index contributed by atoms with van der Waals surface area (Å²) in [6.07, 6.45) is 4.95. The topological polar surface area (TPSA) is 73.4 Å². The number of halogens is 2.